The summed E-state index contributed by atoms with van der Waals surface area (Å²) in [7, 11) is -9.12. The van der Waals surface area contributed by atoms with Crippen molar-refractivity contribution in [3.63, 3.8) is 0 Å². The van der Waals surface area contributed by atoms with Crippen molar-refractivity contribution in [2.75, 3.05) is 0 Å². The molecule has 6 aromatic rings. The molecule has 0 fully saturated rings. The zero-order valence-corrected chi connectivity index (χ0v) is 27.4. The number of rotatable bonds is 6. The van der Waals surface area contributed by atoms with Gasteiger partial charge in [-0.15, -0.1) is 0 Å². The van der Waals surface area contributed by atoms with Gasteiger partial charge in [-0.3, -0.25) is 0 Å². The molecule has 0 radical (unpaired) electrons. The summed E-state index contributed by atoms with van der Waals surface area (Å²) in [5.74, 6) is 1.26. The second-order valence-corrected chi connectivity index (χ2v) is 21.4. The van der Waals surface area contributed by atoms with E-state index in [-0.39, 0.29) is 0 Å². The second kappa shape index (κ2) is 11.1. The number of hydrogen-bond donors (Lipinski definition) is 0. The molecular formula is C38H32O3P2Si. The van der Waals surface area contributed by atoms with Crippen LogP contribution in [0.2, 0.25) is 13.1 Å². The Hall–Kier alpha value is -4.20. The van der Waals surface area contributed by atoms with Gasteiger partial charge in [0.25, 0.3) is 0 Å². The topological polar surface area (TPSA) is 43.4 Å². The smallest absolute Gasteiger partial charge is 0.174 e. The maximum Gasteiger partial charge on any atom is 0.174 e. The van der Waals surface area contributed by atoms with Gasteiger partial charge in [-0.25, -0.2) is 0 Å². The van der Waals surface area contributed by atoms with E-state index in [1.807, 2.05) is 146 Å². The maximum absolute atomic E-state index is 15.6. The molecule has 0 unspecified atom stereocenters. The van der Waals surface area contributed by atoms with E-state index < -0.39 is 22.4 Å². The highest BCUT2D eigenvalue weighted by atomic mass is 31.2. The quantitative estimate of drug-likeness (QED) is 0.171. The van der Waals surface area contributed by atoms with Crippen molar-refractivity contribution in [2.24, 2.45) is 0 Å². The molecule has 7 rings (SSSR count). The van der Waals surface area contributed by atoms with Gasteiger partial charge < -0.3 is 13.9 Å². The average molecular weight is 627 g/mol. The minimum absolute atomic E-state index is 0.632. The van der Waals surface area contributed by atoms with Crippen LogP contribution in [0.4, 0.5) is 0 Å². The largest absolute Gasteiger partial charge is 0.456 e. The number of hydrogen-bond acceptors (Lipinski definition) is 3. The molecule has 0 amide bonds. The molecule has 3 nitrogen and oxygen atoms in total. The normalized spacial score (nSPS) is 13.8. The van der Waals surface area contributed by atoms with E-state index in [0.717, 1.165) is 31.6 Å². The third kappa shape index (κ3) is 4.40. The zero-order valence-electron chi connectivity index (χ0n) is 24.6. The van der Waals surface area contributed by atoms with Gasteiger partial charge in [0.15, 0.2) is 14.3 Å². The Morgan fingerprint density at radius 3 is 1.00 bits per heavy atom. The van der Waals surface area contributed by atoms with E-state index in [0.29, 0.717) is 22.1 Å². The van der Waals surface area contributed by atoms with E-state index in [1.165, 1.54) is 0 Å². The van der Waals surface area contributed by atoms with Gasteiger partial charge in [-0.2, -0.15) is 0 Å². The summed E-state index contributed by atoms with van der Waals surface area (Å²) in [4.78, 5) is 0. The Labute approximate surface area is 260 Å². The van der Waals surface area contributed by atoms with Gasteiger partial charge in [0.05, 0.1) is 10.6 Å². The number of benzene rings is 6. The standard InChI is InChI=1S/C38H32O3P2Si/c1-44(2)35-27-15-25-33(42(39,29-17-7-3-8-18-29)30-19-9-4-10-20-30)37(35)41-38-34(26-16-28-36(38)44)43(40,31-21-11-5-12-22-31)32-23-13-6-14-24-32/h3-28H,1-2H3. The lowest BCUT2D eigenvalue weighted by Crippen LogP contribution is -2.58. The van der Waals surface area contributed by atoms with E-state index in [4.69, 9.17) is 4.74 Å². The van der Waals surface area contributed by atoms with E-state index in [9.17, 15) is 0 Å². The molecule has 0 N–H and O–H groups in total. The van der Waals surface area contributed by atoms with E-state index >= 15 is 9.13 Å². The van der Waals surface area contributed by atoms with Crippen molar-refractivity contribution < 1.29 is 13.9 Å². The van der Waals surface area contributed by atoms with Crippen LogP contribution < -0.4 is 46.9 Å². The van der Waals surface area contributed by atoms with Crippen LogP contribution in [0.15, 0.2) is 158 Å². The van der Waals surface area contributed by atoms with Crippen LogP contribution in [0.5, 0.6) is 11.5 Å². The molecule has 0 atom stereocenters. The number of para-hydroxylation sites is 2. The highest BCUT2D eigenvalue weighted by molar-refractivity contribution is 7.86. The van der Waals surface area contributed by atoms with Crippen LogP contribution in [0, 0.1) is 0 Å². The fraction of sp³-hybridized carbons (Fsp3) is 0.0526. The lowest BCUT2D eigenvalue weighted by Gasteiger charge is -2.37. The van der Waals surface area contributed by atoms with Crippen molar-refractivity contribution in [2.45, 2.75) is 13.1 Å². The van der Waals surface area contributed by atoms with Gasteiger partial charge in [0.1, 0.15) is 19.6 Å². The Morgan fingerprint density at radius 1 is 0.409 bits per heavy atom. The van der Waals surface area contributed by atoms with E-state index in [1.54, 1.807) is 0 Å². The molecule has 216 valence electrons. The summed E-state index contributed by atoms with van der Waals surface area (Å²) in [6, 6.07) is 50.9. The molecule has 0 saturated carbocycles. The first-order valence-electron chi connectivity index (χ1n) is 14.7. The van der Waals surface area contributed by atoms with Crippen LogP contribution in [0.3, 0.4) is 0 Å². The lowest BCUT2D eigenvalue weighted by molar-refractivity contribution is 0.493. The Morgan fingerprint density at radius 2 is 0.705 bits per heavy atom. The van der Waals surface area contributed by atoms with Crippen LogP contribution in [-0.4, -0.2) is 8.07 Å². The van der Waals surface area contributed by atoms with Gasteiger partial charge >= 0.3 is 0 Å². The molecule has 6 heteroatoms. The Balaban J connectivity index is 1.52. The fourth-order valence-electron chi connectivity index (χ4n) is 6.40. The summed E-state index contributed by atoms with van der Waals surface area (Å²) in [5, 5.41) is 6.51. The van der Waals surface area contributed by atoms with Crippen molar-refractivity contribution in [3.05, 3.63) is 158 Å². The average Bonchev–Trinajstić information content (AvgIpc) is 3.09. The number of ether oxygens (including phenoxy) is 1. The van der Waals surface area contributed by atoms with E-state index in [2.05, 4.69) is 25.2 Å². The Kier molecular flexibility index (Phi) is 7.18. The van der Waals surface area contributed by atoms with Crippen LogP contribution >= 0.6 is 14.3 Å². The fourth-order valence-corrected chi connectivity index (χ4v) is 15.0. The lowest BCUT2D eigenvalue weighted by atomic mass is 10.3. The van der Waals surface area contributed by atoms with Gasteiger partial charge in [-0.05, 0) is 22.5 Å². The summed E-state index contributed by atoms with van der Waals surface area (Å²) in [5.41, 5.74) is 0. The van der Waals surface area contributed by atoms with Gasteiger partial charge in [-0.1, -0.05) is 159 Å². The summed E-state index contributed by atoms with van der Waals surface area (Å²) in [6.45, 7) is 4.60. The maximum atomic E-state index is 15.6. The molecule has 1 aliphatic heterocycles. The minimum Gasteiger partial charge on any atom is -0.456 e. The molecule has 44 heavy (non-hydrogen) atoms. The molecule has 0 aromatic heterocycles. The first-order valence-corrected chi connectivity index (χ1v) is 21.2. The van der Waals surface area contributed by atoms with Gasteiger partial charge in [0, 0.05) is 21.2 Å². The monoisotopic (exact) mass is 626 g/mol. The highest BCUT2D eigenvalue weighted by Crippen LogP contribution is 2.49. The van der Waals surface area contributed by atoms with Crippen molar-refractivity contribution >= 4 is 64.6 Å². The van der Waals surface area contributed by atoms with Gasteiger partial charge in [0.2, 0.25) is 0 Å². The SMILES string of the molecule is C[Si]1(C)c2cccc(P(=O)(c3ccccc3)c3ccccc3)c2Oc2c1cccc2P(=O)(c1ccccc1)c1ccccc1. The molecule has 0 aliphatic carbocycles. The van der Waals surface area contributed by atoms with Crippen LogP contribution in [0.1, 0.15) is 0 Å². The minimum atomic E-state index is -3.35. The molecular weight excluding hydrogens is 594 g/mol. The number of fused-ring (bicyclic) bond motifs is 2. The summed E-state index contributed by atoms with van der Waals surface area (Å²) in [6.07, 6.45) is 0. The molecule has 1 aliphatic rings. The third-order valence-corrected chi connectivity index (χ3v) is 18.3. The summed E-state index contributed by atoms with van der Waals surface area (Å²) < 4.78 is 38.3. The molecule has 1 heterocycles. The molecule has 6 aromatic carbocycles. The van der Waals surface area contributed by atoms with Crippen LogP contribution in [0.25, 0.3) is 0 Å². The zero-order chi connectivity index (χ0) is 30.4. The predicted molar refractivity (Wildman–Crippen MR) is 188 cm³/mol. The Bertz CT molecular complexity index is 1830. The van der Waals surface area contributed by atoms with Crippen molar-refractivity contribution in [3.8, 4) is 11.5 Å². The van der Waals surface area contributed by atoms with Crippen molar-refractivity contribution in [1.82, 2.24) is 0 Å². The second-order valence-electron chi connectivity index (χ2n) is 11.6. The first-order chi connectivity index (χ1) is 21.4. The molecule has 0 saturated heterocycles. The predicted octanol–water partition coefficient (Wildman–Crippen LogP) is 5.89. The molecule has 0 bridgehead atoms. The third-order valence-electron chi connectivity index (χ3n) is 8.70. The molecule has 0 spiro atoms. The first kappa shape index (κ1) is 28.6. The van der Waals surface area contributed by atoms with Crippen molar-refractivity contribution in [1.29, 1.82) is 0 Å². The highest BCUT2D eigenvalue weighted by Gasteiger charge is 2.44. The summed E-state index contributed by atoms with van der Waals surface area (Å²) >= 11 is 0. The van der Waals surface area contributed by atoms with Crippen LogP contribution in [-0.2, 0) is 9.13 Å².